The predicted molar refractivity (Wildman–Crippen MR) is 125 cm³/mol. The largest absolute Gasteiger partial charge is 0.388 e. The molecule has 1 aliphatic carbocycles. The van der Waals surface area contributed by atoms with Gasteiger partial charge in [-0.1, -0.05) is 78.9 Å². The molecule has 5 aromatic rings. The fraction of sp³-hybridized carbons (Fsp3) is 0.0714. The summed E-state index contributed by atoms with van der Waals surface area (Å²) in [4.78, 5) is 0. The minimum atomic E-state index is 0.996. The average Bonchev–Trinajstić information content (AvgIpc) is 3.19. The monoisotopic (exact) mass is 371 g/mol. The molecule has 0 bridgehead atoms. The number of fused-ring (bicyclic) bond motifs is 8. The van der Waals surface area contributed by atoms with Crippen LogP contribution in [-0.4, -0.2) is 7.05 Å². The van der Waals surface area contributed by atoms with Crippen molar-refractivity contribution in [3.8, 4) is 22.3 Å². The van der Waals surface area contributed by atoms with Gasteiger partial charge < -0.3 is 5.32 Å². The van der Waals surface area contributed by atoms with Crippen LogP contribution < -0.4 is 5.32 Å². The molecular weight excluding hydrogens is 350 g/mol. The summed E-state index contributed by atoms with van der Waals surface area (Å²) >= 11 is 0. The first-order valence-corrected chi connectivity index (χ1v) is 10.2. The van der Waals surface area contributed by atoms with E-state index < -0.39 is 0 Å². The first-order chi connectivity index (χ1) is 14.3. The van der Waals surface area contributed by atoms with Crippen LogP contribution in [0.25, 0.3) is 43.8 Å². The minimum absolute atomic E-state index is 0.996. The second kappa shape index (κ2) is 6.22. The van der Waals surface area contributed by atoms with E-state index in [-0.39, 0.29) is 0 Å². The molecule has 0 saturated heterocycles. The van der Waals surface area contributed by atoms with Gasteiger partial charge in [0.25, 0.3) is 0 Å². The number of hydrogen-bond acceptors (Lipinski definition) is 1. The van der Waals surface area contributed by atoms with Crippen LogP contribution in [0.4, 0.5) is 5.69 Å². The number of nitrogens with one attached hydrogen (secondary N) is 1. The van der Waals surface area contributed by atoms with E-state index >= 15 is 0 Å². The molecule has 0 saturated carbocycles. The Kier molecular flexibility index (Phi) is 3.51. The SMILES string of the molecule is CNc1cccc(-c2cccc3c2-c2c(c4ccccc4c4ccccc24)C3)c1. The quantitative estimate of drug-likeness (QED) is 0.316. The fourth-order valence-electron chi connectivity index (χ4n) is 5.00. The van der Waals surface area contributed by atoms with Crippen LogP contribution >= 0.6 is 0 Å². The second-order valence-electron chi connectivity index (χ2n) is 7.79. The van der Waals surface area contributed by atoms with Crippen molar-refractivity contribution in [2.45, 2.75) is 6.42 Å². The standard InChI is InChI=1S/C28H21N/c1-29-20-10-6-8-18(16-20)21-15-7-9-19-17-26-24-13-3-2-11-22(24)23-12-4-5-14-25(23)28(26)27(19)21/h2-16,29H,17H2,1H3. The van der Waals surface area contributed by atoms with Gasteiger partial charge in [-0.2, -0.15) is 0 Å². The highest BCUT2D eigenvalue weighted by Crippen LogP contribution is 2.49. The number of rotatable bonds is 2. The molecular formula is C28H21N. The van der Waals surface area contributed by atoms with Gasteiger partial charge in [0.05, 0.1) is 0 Å². The number of benzene rings is 5. The van der Waals surface area contributed by atoms with Crippen molar-refractivity contribution < 1.29 is 0 Å². The number of anilines is 1. The smallest absolute Gasteiger partial charge is 0.0343 e. The highest BCUT2D eigenvalue weighted by atomic mass is 14.8. The van der Waals surface area contributed by atoms with Gasteiger partial charge >= 0.3 is 0 Å². The average molecular weight is 371 g/mol. The van der Waals surface area contributed by atoms with Gasteiger partial charge in [0.1, 0.15) is 0 Å². The molecule has 0 unspecified atom stereocenters. The molecule has 0 fully saturated rings. The molecule has 29 heavy (non-hydrogen) atoms. The van der Waals surface area contributed by atoms with Crippen molar-refractivity contribution in [1.82, 2.24) is 0 Å². The Bertz CT molecular complexity index is 1410. The first-order valence-electron chi connectivity index (χ1n) is 10.2. The summed E-state index contributed by atoms with van der Waals surface area (Å²) < 4.78 is 0. The summed E-state index contributed by atoms with van der Waals surface area (Å²) in [6.45, 7) is 0. The zero-order valence-electron chi connectivity index (χ0n) is 16.4. The molecule has 5 aromatic carbocycles. The van der Waals surface area contributed by atoms with E-state index in [0.717, 1.165) is 12.1 Å². The second-order valence-corrected chi connectivity index (χ2v) is 7.79. The lowest BCUT2D eigenvalue weighted by Gasteiger charge is -2.15. The van der Waals surface area contributed by atoms with E-state index in [1.54, 1.807) is 0 Å². The van der Waals surface area contributed by atoms with E-state index in [4.69, 9.17) is 0 Å². The van der Waals surface area contributed by atoms with Gasteiger partial charge in [-0.25, -0.2) is 0 Å². The Balaban J connectivity index is 1.75. The predicted octanol–water partition coefficient (Wildman–Crippen LogP) is 7.27. The van der Waals surface area contributed by atoms with Crippen LogP contribution in [0.3, 0.4) is 0 Å². The van der Waals surface area contributed by atoms with Crippen LogP contribution in [0.5, 0.6) is 0 Å². The lowest BCUT2D eigenvalue weighted by atomic mass is 9.89. The molecule has 1 aliphatic rings. The van der Waals surface area contributed by atoms with Gasteiger partial charge in [0.15, 0.2) is 0 Å². The van der Waals surface area contributed by atoms with Crippen molar-refractivity contribution in [3.05, 3.63) is 102 Å². The van der Waals surface area contributed by atoms with Crippen LogP contribution in [-0.2, 0) is 6.42 Å². The van der Waals surface area contributed by atoms with E-state index in [2.05, 4.69) is 96.3 Å². The molecule has 0 heterocycles. The molecule has 138 valence electrons. The van der Waals surface area contributed by atoms with E-state index in [9.17, 15) is 0 Å². The van der Waals surface area contributed by atoms with Crippen LogP contribution in [0.1, 0.15) is 11.1 Å². The van der Waals surface area contributed by atoms with Gasteiger partial charge in [0, 0.05) is 12.7 Å². The fourth-order valence-corrected chi connectivity index (χ4v) is 5.00. The third kappa shape index (κ3) is 2.34. The normalized spacial score (nSPS) is 12.2. The number of hydrogen-bond donors (Lipinski definition) is 1. The molecule has 0 atom stereocenters. The third-order valence-corrected chi connectivity index (χ3v) is 6.27. The molecule has 0 aromatic heterocycles. The lowest BCUT2D eigenvalue weighted by Crippen LogP contribution is -1.91. The van der Waals surface area contributed by atoms with Gasteiger partial charge in [-0.15, -0.1) is 0 Å². The van der Waals surface area contributed by atoms with Crippen molar-refractivity contribution >= 4 is 27.2 Å². The summed E-state index contributed by atoms with van der Waals surface area (Å²) in [6, 6.07) is 33.2. The maximum atomic E-state index is 3.28. The van der Waals surface area contributed by atoms with Gasteiger partial charge in [-0.05, 0) is 73.5 Å². The molecule has 1 heteroatoms. The Morgan fingerprint density at radius 2 is 1.31 bits per heavy atom. The molecule has 0 aliphatic heterocycles. The van der Waals surface area contributed by atoms with E-state index in [0.29, 0.717) is 0 Å². The highest BCUT2D eigenvalue weighted by molar-refractivity contribution is 6.18. The maximum absolute atomic E-state index is 3.28. The summed E-state index contributed by atoms with van der Waals surface area (Å²) in [5.41, 5.74) is 9.43. The van der Waals surface area contributed by atoms with Crippen molar-refractivity contribution in [3.63, 3.8) is 0 Å². The van der Waals surface area contributed by atoms with Crippen LogP contribution in [0.2, 0.25) is 0 Å². The molecule has 0 spiro atoms. The van der Waals surface area contributed by atoms with Crippen molar-refractivity contribution in [2.75, 3.05) is 12.4 Å². The first kappa shape index (κ1) is 16.4. The van der Waals surface area contributed by atoms with Crippen molar-refractivity contribution in [1.29, 1.82) is 0 Å². The zero-order chi connectivity index (χ0) is 19.4. The summed E-state index contributed by atoms with van der Waals surface area (Å²) in [7, 11) is 1.98. The summed E-state index contributed by atoms with van der Waals surface area (Å²) in [5.74, 6) is 0. The van der Waals surface area contributed by atoms with Gasteiger partial charge in [-0.3, -0.25) is 0 Å². The van der Waals surface area contributed by atoms with Gasteiger partial charge in [0.2, 0.25) is 0 Å². The Labute approximate surface area is 170 Å². The maximum Gasteiger partial charge on any atom is 0.0343 e. The summed E-state index contributed by atoms with van der Waals surface area (Å²) in [5, 5.41) is 8.71. The Morgan fingerprint density at radius 3 is 2.10 bits per heavy atom. The Morgan fingerprint density at radius 1 is 0.621 bits per heavy atom. The lowest BCUT2D eigenvalue weighted by molar-refractivity contribution is 1.29. The van der Waals surface area contributed by atoms with Crippen LogP contribution in [0.15, 0.2) is 91.0 Å². The zero-order valence-corrected chi connectivity index (χ0v) is 16.4. The molecule has 0 amide bonds. The van der Waals surface area contributed by atoms with Crippen LogP contribution in [0, 0.1) is 0 Å². The molecule has 6 rings (SSSR count). The van der Waals surface area contributed by atoms with E-state index in [1.807, 2.05) is 7.05 Å². The Hall–Kier alpha value is -3.58. The summed E-state index contributed by atoms with van der Waals surface area (Å²) in [6.07, 6.45) is 0.996. The highest BCUT2D eigenvalue weighted by Gasteiger charge is 2.26. The van der Waals surface area contributed by atoms with Crippen molar-refractivity contribution in [2.24, 2.45) is 0 Å². The molecule has 1 nitrogen and oxygen atoms in total. The minimum Gasteiger partial charge on any atom is -0.388 e. The molecule has 1 N–H and O–H groups in total. The topological polar surface area (TPSA) is 12.0 Å². The van der Waals surface area contributed by atoms with E-state index in [1.165, 1.54) is 54.9 Å². The molecule has 0 radical (unpaired) electrons. The third-order valence-electron chi connectivity index (χ3n) is 6.27.